The van der Waals surface area contributed by atoms with Gasteiger partial charge in [0.1, 0.15) is 23.5 Å². The Balaban J connectivity index is 3.30. The number of aromatic hydroxyl groups is 1. The predicted octanol–water partition coefficient (Wildman–Crippen LogP) is 2.74. The number of nitriles is 2. The molecule has 0 heterocycles. The predicted molar refractivity (Wildman–Crippen MR) is 64.8 cm³/mol. The lowest BCUT2D eigenvalue weighted by molar-refractivity contribution is 0.473. The van der Waals surface area contributed by atoms with Crippen molar-refractivity contribution >= 4 is 28.7 Å². The molecule has 74 valence electrons. The molecule has 0 aromatic heterocycles. The lowest BCUT2D eigenvalue weighted by Gasteiger charge is -2.03. The number of hydrogen-bond acceptors (Lipinski definition) is 3. The average molecular weight is 310 g/mol. The van der Waals surface area contributed by atoms with E-state index in [1.807, 2.05) is 6.92 Å². The first-order valence-electron chi connectivity index (χ1n) is 4.09. The molecule has 0 radical (unpaired) electrons. The number of nitrogens with zero attached hydrogens (tertiary/aromatic N) is 2. The molecule has 0 bridgehead atoms. The molecule has 0 aliphatic heterocycles. The van der Waals surface area contributed by atoms with Crippen LogP contribution in [0.2, 0.25) is 0 Å². The number of rotatable bonds is 1. The van der Waals surface area contributed by atoms with Crippen LogP contribution in [0.25, 0.3) is 6.08 Å². The molecule has 0 saturated heterocycles. The van der Waals surface area contributed by atoms with E-state index in [0.717, 1.165) is 9.13 Å². The number of phenolic OH excluding ortho intramolecular Hbond substituents is 1. The topological polar surface area (TPSA) is 67.8 Å². The van der Waals surface area contributed by atoms with Crippen molar-refractivity contribution in [1.82, 2.24) is 0 Å². The first-order chi connectivity index (χ1) is 7.08. The van der Waals surface area contributed by atoms with Gasteiger partial charge < -0.3 is 5.11 Å². The summed E-state index contributed by atoms with van der Waals surface area (Å²) in [6.45, 7) is 1.88. The lowest BCUT2D eigenvalue weighted by Crippen LogP contribution is -1.84. The molecule has 1 rings (SSSR count). The van der Waals surface area contributed by atoms with E-state index >= 15 is 0 Å². The van der Waals surface area contributed by atoms with E-state index in [1.54, 1.807) is 24.3 Å². The molecule has 0 atom stereocenters. The number of halogens is 1. The summed E-state index contributed by atoms with van der Waals surface area (Å²) in [5.74, 6) is 0.0796. The summed E-state index contributed by atoms with van der Waals surface area (Å²) in [6, 6.07) is 6.84. The molecule has 0 unspecified atom stereocenters. The van der Waals surface area contributed by atoms with Gasteiger partial charge in [-0.25, -0.2) is 0 Å². The maximum atomic E-state index is 9.59. The van der Waals surface area contributed by atoms with Gasteiger partial charge >= 0.3 is 0 Å². The highest BCUT2D eigenvalue weighted by atomic mass is 127. The third kappa shape index (κ3) is 2.71. The third-order valence-corrected chi connectivity index (χ3v) is 3.01. The molecule has 4 heteroatoms. The van der Waals surface area contributed by atoms with Crippen LogP contribution in [0.15, 0.2) is 17.7 Å². The van der Waals surface area contributed by atoms with E-state index in [4.69, 9.17) is 10.5 Å². The van der Waals surface area contributed by atoms with Crippen molar-refractivity contribution in [1.29, 1.82) is 10.5 Å². The Labute approximate surface area is 101 Å². The summed E-state index contributed by atoms with van der Waals surface area (Å²) in [7, 11) is 0. The van der Waals surface area contributed by atoms with E-state index in [0.29, 0.717) is 5.56 Å². The molecule has 1 N–H and O–H groups in total. The van der Waals surface area contributed by atoms with Crippen molar-refractivity contribution < 1.29 is 5.11 Å². The van der Waals surface area contributed by atoms with Crippen LogP contribution in [-0.4, -0.2) is 5.11 Å². The quantitative estimate of drug-likeness (QED) is 0.640. The molecule has 0 spiro atoms. The Morgan fingerprint density at radius 2 is 2.00 bits per heavy atom. The minimum Gasteiger partial charge on any atom is -0.507 e. The van der Waals surface area contributed by atoms with Crippen LogP contribution in [0, 0.1) is 33.2 Å². The molecule has 15 heavy (non-hydrogen) atoms. The first-order valence-corrected chi connectivity index (χ1v) is 5.17. The van der Waals surface area contributed by atoms with Gasteiger partial charge in [0.15, 0.2) is 0 Å². The summed E-state index contributed by atoms with van der Waals surface area (Å²) >= 11 is 2.13. The maximum absolute atomic E-state index is 9.59. The van der Waals surface area contributed by atoms with Gasteiger partial charge in [-0.05, 0) is 53.3 Å². The lowest BCUT2D eigenvalue weighted by atomic mass is 10.1. The Bertz CT molecular complexity index is 491. The minimum atomic E-state index is -0.0232. The molecule has 3 nitrogen and oxygen atoms in total. The van der Waals surface area contributed by atoms with Gasteiger partial charge in [0.2, 0.25) is 0 Å². The van der Waals surface area contributed by atoms with Crippen molar-refractivity contribution in [3.05, 3.63) is 32.4 Å². The molecule has 1 aromatic rings. The highest BCUT2D eigenvalue weighted by Gasteiger charge is 2.04. The van der Waals surface area contributed by atoms with Gasteiger partial charge in [-0.3, -0.25) is 0 Å². The van der Waals surface area contributed by atoms with Gasteiger partial charge in [0, 0.05) is 9.13 Å². The van der Waals surface area contributed by atoms with E-state index in [9.17, 15) is 5.11 Å². The fraction of sp³-hybridized carbons (Fsp3) is 0.0909. The number of allylic oxidation sites excluding steroid dienone is 1. The van der Waals surface area contributed by atoms with E-state index in [-0.39, 0.29) is 11.3 Å². The van der Waals surface area contributed by atoms with Crippen LogP contribution in [0.4, 0.5) is 0 Å². The second-order valence-corrected chi connectivity index (χ2v) is 4.10. The summed E-state index contributed by atoms with van der Waals surface area (Å²) in [4.78, 5) is 0. The zero-order valence-electron chi connectivity index (χ0n) is 7.95. The Morgan fingerprint density at radius 3 is 2.53 bits per heavy atom. The van der Waals surface area contributed by atoms with Crippen molar-refractivity contribution in [2.45, 2.75) is 6.92 Å². The SMILES string of the molecule is Cc1cc(O)c(C=C(C#N)C#N)cc1I. The van der Waals surface area contributed by atoms with E-state index < -0.39 is 0 Å². The van der Waals surface area contributed by atoms with Gasteiger partial charge in [-0.1, -0.05) is 0 Å². The number of hydrogen-bond donors (Lipinski definition) is 1. The second-order valence-electron chi connectivity index (χ2n) is 2.94. The van der Waals surface area contributed by atoms with Crippen LogP contribution in [0.5, 0.6) is 5.75 Å². The summed E-state index contributed by atoms with van der Waals surface area (Å²) in [6.07, 6.45) is 1.37. The van der Waals surface area contributed by atoms with E-state index in [1.165, 1.54) is 6.08 Å². The fourth-order valence-electron chi connectivity index (χ4n) is 1.04. The Hall–Kier alpha value is -1.53. The van der Waals surface area contributed by atoms with Crippen molar-refractivity contribution in [3.8, 4) is 17.9 Å². The van der Waals surface area contributed by atoms with Crippen molar-refractivity contribution in [3.63, 3.8) is 0 Å². The van der Waals surface area contributed by atoms with Crippen LogP contribution in [0.1, 0.15) is 11.1 Å². The number of aryl methyl sites for hydroxylation is 1. The van der Waals surface area contributed by atoms with Crippen LogP contribution in [-0.2, 0) is 0 Å². The van der Waals surface area contributed by atoms with Gasteiger partial charge in [-0.2, -0.15) is 10.5 Å². The molecule has 0 saturated carbocycles. The van der Waals surface area contributed by atoms with Crippen molar-refractivity contribution in [2.75, 3.05) is 0 Å². The molecular formula is C11H7IN2O. The molecule has 0 amide bonds. The molecule has 0 aliphatic rings. The molecule has 0 fully saturated rings. The Kier molecular flexibility index (Phi) is 3.70. The molecule has 0 aliphatic carbocycles. The van der Waals surface area contributed by atoms with Crippen LogP contribution < -0.4 is 0 Å². The number of phenols is 1. The van der Waals surface area contributed by atoms with Crippen molar-refractivity contribution in [2.24, 2.45) is 0 Å². The van der Waals surface area contributed by atoms with Crippen LogP contribution in [0.3, 0.4) is 0 Å². The minimum absolute atomic E-state index is 0.0232. The standard InChI is InChI=1S/C11H7IN2O/c1-7-2-11(15)9(4-10(7)12)3-8(5-13)6-14/h2-4,15H,1H3. The average Bonchev–Trinajstić information content (AvgIpc) is 2.21. The smallest absolute Gasteiger partial charge is 0.130 e. The highest BCUT2D eigenvalue weighted by Crippen LogP contribution is 2.25. The molecular weight excluding hydrogens is 303 g/mol. The van der Waals surface area contributed by atoms with Crippen LogP contribution >= 0.6 is 22.6 Å². The largest absolute Gasteiger partial charge is 0.507 e. The summed E-state index contributed by atoms with van der Waals surface area (Å²) < 4.78 is 0.979. The zero-order chi connectivity index (χ0) is 11.4. The zero-order valence-corrected chi connectivity index (χ0v) is 10.1. The maximum Gasteiger partial charge on any atom is 0.130 e. The summed E-state index contributed by atoms with van der Waals surface area (Å²) in [5, 5.41) is 26.7. The van der Waals surface area contributed by atoms with Gasteiger partial charge in [0.05, 0.1) is 0 Å². The monoisotopic (exact) mass is 310 g/mol. The van der Waals surface area contributed by atoms with Gasteiger partial charge in [0.25, 0.3) is 0 Å². The summed E-state index contributed by atoms with van der Waals surface area (Å²) in [5.41, 5.74) is 1.42. The second kappa shape index (κ2) is 4.81. The normalized spacial score (nSPS) is 8.80. The Morgan fingerprint density at radius 1 is 1.40 bits per heavy atom. The highest BCUT2D eigenvalue weighted by molar-refractivity contribution is 14.1. The van der Waals surface area contributed by atoms with E-state index in [2.05, 4.69) is 22.6 Å². The number of benzene rings is 1. The fourth-order valence-corrected chi connectivity index (χ4v) is 1.53. The first kappa shape index (κ1) is 11.5. The van der Waals surface area contributed by atoms with Gasteiger partial charge in [-0.15, -0.1) is 0 Å². The third-order valence-electron chi connectivity index (χ3n) is 1.85. The molecule has 1 aromatic carbocycles.